The second kappa shape index (κ2) is 5.91. The maximum absolute atomic E-state index is 6.22. The first-order chi connectivity index (χ1) is 9.78. The molecule has 0 radical (unpaired) electrons. The van der Waals surface area contributed by atoms with Gasteiger partial charge in [0, 0.05) is 30.8 Å². The first-order valence-electron chi connectivity index (χ1n) is 7.21. The van der Waals surface area contributed by atoms with Gasteiger partial charge in [0.25, 0.3) is 0 Å². The van der Waals surface area contributed by atoms with Crippen LogP contribution in [0.15, 0.2) is 24.3 Å². The van der Waals surface area contributed by atoms with E-state index in [9.17, 15) is 0 Å². The van der Waals surface area contributed by atoms with E-state index in [0.717, 1.165) is 18.7 Å². The molecule has 1 aromatic carbocycles. The Morgan fingerprint density at radius 1 is 1.35 bits per heavy atom. The van der Waals surface area contributed by atoms with Gasteiger partial charge in [0.05, 0.1) is 24.4 Å². The lowest BCUT2D eigenvalue weighted by molar-refractivity contribution is -0.0504. The van der Waals surface area contributed by atoms with Crippen LogP contribution in [0.5, 0.6) is 0 Å². The van der Waals surface area contributed by atoms with Gasteiger partial charge in [0.15, 0.2) is 6.29 Å². The van der Waals surface area contributed by atoms with Crippen LogP contribution >= 0.6 is 0 Å². The lowest BCUT2D eigenvalue weighted by Gasteiger charge is -2.14. The molecule has 0 aliphatic carbocycles. The number of aromatic nitrogens is 2. The molecule has 1 aliphatic rings. The SMILES string of the molecule is CCn1nc(CC(N)CC2OCCO2)c2ccccc21. The standard InChI is InChI=1S/C15H21N3O2/c1-2-18-14-6-4-3-5-12(14)13(17-18)9-11(16)10-15-19-7-8-20-15/h3-6,11,15H,2,7-10,16H2,1H3. The Kier molecular flexibility index (Phi) is 4.00. The molecule has 3 rings (SSSR count). The van der Waals surface area contributed by atoms with Gasteiger partial charge in [0.1, 0.15) is 0 Å². The number of benzene rings is 1. The van der Waals surface area contributed by atoms with E-state index < -0.39 is 0 Å². The van der Waals surface area contributed by atoms with E-state index in [1.807, 2.05) is 16.8 Å². The van der Waals surface area contributed by atoms with Crippen LogP contribution in [-0.4, -0.2) is 35.3 Å². The molecule has 1 aromatic heterocycles. The minimum Gasteiger partial charge on any atom is -0.350 e. The third-order valence-electron chi connectivity index (χ3n) is 3.68. The van der Waals surface area contributed by atoms with E-state index in [2.05, 4.69) is 24.2 Å². The summed E-state index contributed by atoms with van der Waals surface area (Å²) in [4.78, 5) is 0. The first-order valence-corrected chi connectivity index (χ1v) is 7.21. The molecule has 2 N–H and O–H groups in total. The molecule has 1 saturated heterocycles. The monoisotopic (exact) mass is 275 g/mol. The molecule has 0 amide bonds. The van der Waals surface area contributed by atoms with Gasteiger partial charge < -0.3 is 15.2 Å². The van der Waals surface area contributed by atoms with Crippen molar-refractivity contribution in [2.75, 3.05) is 13.2 Å². The molecule has 1 unspecified atom stereocenters. The van der Waals surface area contributed by atoms with Crippen molar-refractivity contribution in [3.63, 3.8) is 0 Å². The van der Waals surface area contributed by atoms with Crippen LogP contribution in [0.4, 0.5) is 0 Å². The van der Waals surface area contributed by atoms with Crippen LogP contribution in [0.2, 0.25) is 0 Å². The second-order valence-corrected chi connectivity index (χ2v) is 5.15. The highest BCUT2D eigenvalue weighted by Crippen LogP contribution is 2.21. The topological polar surface area (TPSA) is 62.3 Å². The predicted octanol–water partition coefficient (Wildman–Crippen LogP) is 1.69. The maximum Gasteiger partial charge on any atom is 0.159 e. The van der Waals surface area contributed by atoms with Crippen molar-refractivity contribution < 1.29 is 9.47 Å². The molecule has 0 bridgehead atoms. The van der Waals surface area contributed by atoms with Crippen molar-refractivity contribution in [2.45, 2.75) is 38.6 Å². The number of fused-ring (bicyclic) bond motifs is 1. The third kappa shape index (κ3) is 2.70. The molecule has 1 atom stereocenters. The Labute approximate surface area is 118 Å². The van der Waals surface area contributed by atoms with Gasteiger partial charge >= 0.3 is 0 Å². The third-order valence-corrected chi connectivity index (χ3v) is 3.68. The van der Waals surface area contributed by atoms with Crippen LogP contribution in [0, 0.1) is 0 Å². The van der Waals surface area contributed by atoms with Gasteiger partial charge in [-0.2, -0.15) is 5.10 Å². The Bertz CT molecular complexity index is 576. The quantitative estimate of drug-likeness (QED) is 0.902. The van der Waals surface area contributed by atoms with Crippen molar-refractivity contribution in [3.8, 4) is 0 Å². The van der Waals surface area contributed by atoms with Crippen LogP contribution in [-0.2, 0) is 22.4 Å². The van der Waals surface area contributed by atoms with Crippen molar-refractivity contribution in [3.05, 3.63) is 30.0 Å². The average molecular weight is 275 g/mol. The number of ether oxygens (including phenoxy) is 2. The van der Waals surface area contributed by atoms with Gasteiger partial charge in [-0.05, 0) is 13.0 Å². The Hall–Kier alpha value is -1.43. The zero-order valence-electron chi connectivity index (χ0n) is 11.8. The van der Waals surface area contributed by atoms with Gasteiger partial charge in [-0.1, -0.05) is 18.2 Å². The molecule has 20 heavy (non-hydrogen) atoms. The van der Waals surface area contributed by atoms with Gasteiger partial charge in [0.2, 0.25) is 0 Å². The largest absolute Gasteiger partial charge is 0.350 e. The predicted molar refractivity (Wildman–Crippen MR) is 77.4 cm³/mol. The highest BCUT2D eigenvalue weighted by molar-refractivity contribution is 5.82. The first kappa shape index (κ1) is 13.5. The molecule has 0 saturated carbocycles. The van der Waals surface area contributed by atoms with Crippen molar-refractivity contribution in [1.29, 1.82) is 0 Å². The van der Waals surface area contributed by atoms with Crippen molar-refractivity contribution >= 4 is 10.9 Å². The zero-order valence-corrected chi connectivity index (χ0v) is 11.8. The van der Waals surface area contributed by atoms with E-state index in [4.69, 9.17) is 15.2 Å². The fourth-order valence-corrected chi connectivity index (χ4v) is 2.71. The van der Waals surface area contributed by atoms with E-state index in [0.29, 0.717) is 19.6 Å². The number of hydrogen-bond acceptors (Lipinski definition) is 4. The van der Waals surface area contributed by atoms with E-state index >= 15 is 0 Å². The molecule has 2 heterocycles. The second-order valence-electron chi connectivity index (χ2n) is 5.15. The molecule has 5 nitrogen and oxygen atoms in total. The summed E-state index contributed by atoms with van der Waals surface area (Å²) in [6.45, 7) is 4.31. The normalized spacial score (nSPS) is 17.9. The van der Waals surface area contributed by atoms with Gasteiger partial charge in [-0.3, -0.25) is 4.68 Å². The van der Waals surface area contributed by atoms with Gasteiger partial charge in [-0.25, -0.2) is 0 Å². The Morgan fingerprint density at radius 2 is 2.10 bits per heavy atom. The number of nitrogens with zero attached hydrogens (tertiary/aromatic N) is 2. The molecule has 2 aromatic rings. The number of hydrogen-bond donors (Lipinski definition) is 1. The lowest BCUT2D eigenvalue weighted by atomic mass is 10.1. The Morgan fingerprint density at radius 3 is 2.85 bits per heavy atom. The molecular formula is C15H21N3O2. The summed E-state index contributed by atoms with van der Waals surface area (Å²) in [6.07, 6.45) is 1.31. The number of nitrogens with two attached hydrogens (primary N) is 1. The molecule has 1 aliphatic heterocycles. The molecular weight excluding hydrogens is 254 g/mol. The maximum atomic E-state index is 6.22. The average Bonchev–Trinajstić information content (AvgIpc) is 3.07. The minimum atomic E-state index is -0.149. The highest BCUT2D eigenvalue weighted by atomic mass is 16.7. The number of rotatable bonds is 5. The summed E-state index contributed by atoms with van der Waals surface area (Å²) in [5.41, 5.74) is 8.45. The molecule has 5 heteroatoms. The number of aryl methyl sites for hydroxylation is 1. The van der Waals surface area contributed by atoms with Crippen LogP contribution < -0.4 is 5.73 Å². The van der Waals surface area contributed by atoms with E-state index in [1.165, 1.54) is 10.9 Å². The highest BCUT2D eigenvalue weighted by Gasteiger charge is 2.21. The van der Waals surface area contributed by atoms with Crippen molar-refractivity contribution in [2.24, 2.45) is 5.73 Å². The van der Waals surface area contributed by atoms with Crippen molar-refractivity contribution in [1.82, 2.24) is 9.78 Å². The summed E-state index contributed by atoms with van der Waals surface area (Å²) in [7, 11) is 0. The molecule has 0 spiro atoms. The van der Waals surface area contributed by atoms with E-state index in [-0.39, 0.29) is 12.3 Å². The lowest BCUT2D eigenvalue weighted by Crippen LogP contribution is -2.29. The van der Waals surface area contributed by atoms with Gasteiger partial charge in [-0.15, -0.1) is 0 Å². The summed E-state index contributed by atoms with van der Waals surface area (Å²) in [5.74, 6) is 0. The minimum absolute atomic E-state index is 0.00159. The summed E-state index contributed by atoms with van der Waals surface area (Å²) in [5, 5.41) is 5.87. The molecule has 1 fully saturated rings. The Balaban J connectivity index is 1.76. The smallest absolute Gasteiger partial charge is 0.159 e. The number of para-hydroxylation sites is 1. The zero-order chi connectivity index (χ0) is 13.9. The fourth-order valence-electron chi connectivity index (χ4n) is 2.71. The van der Waals surface area contributed by atoms with E-state index in [1.54, 1.807) is 0 Å². The summed E-state index contributed by atoms with van der Waals surface area (Å²) < 4.78 is 12.9. The van der Waals surface area contributed by atoms with Crippen LogP contribution in [0.3, 0.4) is 0 Å². The van der Waals surface area contributed by atoms with Crippen LogP contribution in [0.25, 0.3) is 10.9 Å². The van der Waals surface area contributed by atoms with Crippen LogP contribution in [0.1, 0.15) is 19.0 Å². The fraction of sp³-hybridized carbons (Fsp3) is 0.533. The molecule has 108 valence electrons. The summed E-state index contributed by atoms with van der Waals surface area (Å²) >= 11 is 0. The summed E-state index contributed by atoms with van der Waals surface area (Å²) in [6, 6.07) is 8.30.